The van der Waals surface area contributed by atoms with Crippen LogP contribution < -0.4 is 5.32 Å². The van der Waals surface area contributed by atoms with Crippen molar-refractivity contribution in [2.45, 2.75) is 18.9 Å². The Bertz CT molecular complexity index is 636. The van der Waals surface area contributed by atoms with Crippen molar-refractivity contribution in [2.75, 3.05) is 19.6 Å². The summed E-state index contributed by atoms with van der Waals surface area (Å²) in [6.07, 6.45) is 6.30. The number of aromatic nitrogens is 1. The molecule has 4 heterocycles. The van der Waals surface area contributed by atoms with Crippen LogP contribution in [0.4, 0.5) is 0 Å². The summed E-state index contributed by atoms with van der Waals surface area (Å²) in [5, 5.41) is 3.20. The molecule has 0 radical (unpaired) electrons. The quantitative estimate of drug-likeness (QED) is 0.902. The molecule has 2 bridgehead atoms. The zero-order valence-electron chi connectivity index (χ0n) is 11.5. The Balaban J connectivity index is 1.49. The number of fused-ring (bicyclic) bond motifs is 3. The van der Waals surface area contributed by atoms with E-state index in [9.17, 15) is 4.79 Å². The average molecular weight is 269 g/mol. The number of pyridine rings is 1. The molecule has 0 aliphatic carbocycles. The van der Waals surface area contributed by atoms with Gasteiger partial charge in [0.25, 0.3) is 5.91 Å². The minimum atomic E-state index is 0.0492. The molecule has 4 rings (SSSR count). The van der Waals surface area contributed by atoms with Gasteiger partial charge in [-0.3, -0.25) is 4.79 Å². The molecular formula is C16H19N3O. The van der Waals surface area contributed by atoms with Gasteiger partial charge in [-0.2, -0.15) is 0 Å². The molecule has 2 aromatic rings. The molecule has 4 heteroatoms. The lowest BCUT2D eigenvalue weighted by Crippen LogP contribution is -2.47. The van der Waals surface area contributed by atoms with Crippen molar-refractivity contribution < 1.29 is 4.79 Å². The van der Waals surface area contributed by atoms with E-state index in [1.807, 2.05) is 41.1 Å². The van der Waals surface area contributed by atoms with Crippen LogP contribution in [0, 0.1) is 5.92 Å². The van der Waals surface area contributed by atoms with Gasteiger partial charge < -0.3 is 14.6 Å². The third-order valence-corrected chi connectivity index (χ3v) is 4.59. The lowest BCUT2D eigenvalue weighted by molar-refractivity contribution is 0.0909. The molecule has 0 spiro atoms. The average Bonchev–Trinajstić information content (AvgIpc) is 3.04. The van der Waals surface area contributed by atoms with Gasteiger partial charge in [0, 0.05) is 37.0 Å². The second-order valence-electron chi connectivity index (χ2n) is 6.08. The maximum Gasteiger partial charge on any atom is 0.253 e. The number of rotatable bonds is 2. The van der Waals surface area contributed by atoms with Crippen molar-refractivity contribution in [1.82, 2.24) is 14.6 Å². The van der Waals surface area contributed by atoms with E-state index in [1.54, 1.807) is 0 Å². The Kier molecular flexibility index (Phi) is 2.77. The molecule has 1 amide bonds. The van der Waals surface area contributed by atoms with Crippen molar-refractivity contribution in [3.63, 3.8) is 0 Å². The maximum absolute atomic E-state index is 12.4. The summed E-state index contributed by atoms with van der Waals surface area (Å²) < 4.78 is 1.99. The Morgan fingerprint density at radius 3 is 3.10 bits per heavy atom. The minimum Gasteiger partial charge on any atom is -0.348 e. The van der Waals surface area contributed by atoms with E-state index in [-0.39, 0.29) is 5.91 Å². The predicted octanol–water partition coefficient (Wildman–Crippen LogP) is 1.76. The van der Waals surface area contributed by atoms with Crippen LogP contribution in [0.15, 0.2) is 36.7 Å². The molecule has 1 N–H and O–H groups in total. The number of carbonyl (C=O) groups is 1. The van der Waals surface area contributed by atoms with E-state index in [4.69, 9.17) is 0 Å². The van der Waals surface area contributed by atoms with Gasteiger partial charge in [0.05, 0.1) is 5.56 Å². The van der Waals surface area contributed by atoms with Crippen LogP contribution in [0.3, 0.4) is 0 Å². The molecular weight excluding hydrogens is 250 g/mol. The van der Waals surface area contributed by atoms with E-state index in [0.29, 0.717) is 6.04 Å². The van der Waals surface area contributed by atoms with Crippen LogP contribution >= 0.6 is 0 Å². The zero-order valence-corrected chi connectivity index (χ0v) is 11.5. The first kappa shape index (κ1) is 12.0. The van der Waals surface area contributed by atoms with Crippen molar-refractivity contribution in [3.8, 4) is 0 Å². The zero-order chi connectivity index (χ0) is 13.5. The van der Waals surface area contributed by atoms with Gasteiger partial charge >= 0.3 is 0 Å². The number of nitrogens with one attached hydrogen (secondary N) is 1. The lowest BCUT2D eigenvalue weighted by atomic mass is 9.96. The van der Waals surface area contributed by atoms with Gasteiger partial charge in [0.2, 0.25) is 0 Å². The first-order chi connectivity index (χ1) is 9.78. The molecule has 20 heavy (non-hydrogen) atoms. The van der Waals surface area contributed by atoms with Crippen LogP contribution in [0.25, 0.3) is 5.52 Å². The number of piperidine rings is 1. The molecule has 2 saturated heterocycles. The standard InChI is InChI=1S/C16H19N3O/c20-16(13-3-4-15-2-1-6-19(15)10-13)17-14-8-12-5-7-18(9-12)11-14/h1-4,6,10,12,14H,5,7-9,11H2,(H,17,20)/t12?,14-/m1/s1. The smallest absolute Gasteiger partial charge is 0.253 e. The van der Waals surface area contributed by atoms with Gasteiger partial charge in [-0.25, -0.2) is 0 Å². The molecule has 0 saturated carbocycles. The van der Waals surface area contributed by atoms with Crippen LogP contribution in [0.1, 0.15) is 23.2 Å². The molecule has 2 aliphatic heterocycles. The lowest BCUT2D eigenvalue weighted by Gasteiger charge is -2.30. The highest BCUT2D eigenvalue weighted by atomic mass is 16.1. The SMILES string of the molecule is O=C(N[C@@H]1CC2CCN(C2)C1)c1ccc2cccn2c1. The summed E-state index contributed by atoms with van der Waals surface area (Å²) in [7, 11) is 0. The first-order valence-electron chi connectivity index (χ1n) is 7.38. The molecule has 4 nitrogen and oxygen atoms in total. The summed E-state index contributed by atoms with van der Waals surface area (Å²) in [5.41, 5.74) is 1.85. The summed E-state index contributed by atoms with van der Waals surface area (Å²) in [6.45, 7) is 3.43. The molecule has 2 aromatic heterocycles. The van der Waals surface area contributed by atoms with E-state index in [1.165, 1.54) is 19.5 Å². The topological polar surface area (TPSA) is 36.8 Å². The van der Waals surface area contributed by atoms with Crippen LogP contribution in [-0.4, -0.2) is 40.9 Å². The third-order valence-electron chi connectivity index (χ3n) is 4.59. The highest BCUT2D eigenvalue weighted by Gasteiger charge is 2.32. The molecule has 2 unspecified atom stereocenters. The van der Waals surface area contributed by atoms with Crippen molar-refractivity contribution in [1.29, 1.82) is 0 Å². The molecule has 0 aromatic carbocycles. The summed E-state index contributed by atoms with van der Waals surface area (Å²) >= 11 is 0. The molecule has 104 valence electrons. The highest BCUT2D eigenvalue weighted by Crippen LogP contribution is 2.26. The number of carbonyl (C=O) groups excluding carboxylic acids is 1. The third kappa shape index (κ3) is 2.10. The Morgan fingerprint density at radius 1 is 1.25 bits per heavy atom. The van der Waals surface area contributed by atoms with Gasteiger partial charge in [0.1, 0.15) is 0 Å². The van der Waals surface area contributed by atoms with E-state index >= 15 is 0 Å². The molecule has 2 fully saturated rings. The predicted molar refractivity (Wildman–Crippen MR) is 77.8 cm³/mol. The number of nitrogens with zero attached hydrogens (tertiary/aromatic N) is 2. The minimum absolute atomic E-state index is 0.0492. The fraction of sp³-hybridized carbons (Fsp3) is 0.438. The number of hydrogen-bond acceptors (Lipinski definition) is 2. The maximum atomic E-state index is 12.4. The van der Waals surface area contributed by atoms with Crippen LogP contribution in [0.2, 0.25) is 0 Å². The molecule has 2 aliphatic rings. The van der Waals surface area contributed by atoms with Gasteiger partial charge in [-0.05, 0) is 49.6 Å². The van der Waals surface area contributed by atoms with Crippen molar-refractivity contribution >= 4 is 11.4 Å². The number of amides is 1. The molecule has 3 atom stereocenters. The van der Waals surface area contributed by atoms with Gasteiger partial charge in [-0.15, -0.1) is 0 Å². The highest BCUT2D eigenvalue weighted by molar-refractivity contribution is 5.94. The largest absolute Gasteiger partial charge is 0.348 e. The normalized spacial score (nSPS) is 28.7. The van der Waals surface area contributed by atoms with Crippen LogP contribution in [-0.2, 0) is 0 Å². The monoisotopic (exact) mass is 269 g/mol. The van der Waals surface area contributed by atoms with E-state index in [0.717, 1.165) is 30.0 Å². The fourth-order valence-electron chi connectivity index (χ4n) is 3.60. The summed E-state index contributed by atoms with van der Waals surface area (Å²) in [4.78, 5) is 14.8. The second-order valence-corrected chi connectivity index (χ2v) is 6.08. The van der Waals surface area contributed by atoms with Crippen LogP contribution in [0.5, 0.6) is 0 Å². The van der Waals surface area contributed by atoms with Gasteiger partial charge in [-0.1, -0.05) is 0 Å². The number of hydrogen-bond donors (Lipinski definition) is 1. The Morgan fingerprint density at radius 2 is 2.20 bits per heavy atom. The summed E-state index contributed by atoms with van der Waals surface area (Å²) in [6, 6.07) is 8.23. The second kappa shape index (κ2) is 4.63. The van der Waals surface area contributed by atoms with E-state index in [2.05, 4.69) is 10.2 Å². The van der Waals surface area contributed by atoms with Crippen molar-refractivity contribution in [3.05, 3.63) is 42.2 Å². The van der Waals surface area contributed by atoms with Gasteiger partial charge in [0.15, 0.2) is 0 Å². The Hall–Kier alpha value is -1.81. The van der Waals surface area contributed by atoms with E-state index < -0.39 is 0 Å². The van der Waals surface area contributed by atoms with Crippen molar-refractivity contribution in [2.24, 2.45) is 5.92 Å². The first-order valence-corrected chi connectivity index (χ1v) is 7.38. The fourth-order valence-corrected chi connectivity index (χ4v) is 3.60. The summed E-state index contributed by atoms with van der Waals surface area (Å²) in [5.74, 6) is 0.828. The Labute approximate surface area is 118 Å².